The van der Waals surface area contributed by atoms with E-state index in [1.54, 1.807) is 19.1 Å². The summed E-state index contributed by atoms with van der Waals surface area (Å²) in [6, 6.07) is 10.0. The van der Waals surface area contributed by atoms with E-state index in [1.807, 2.05) is 26.0 Å². The van der Waals surface area contributed by atoms with E-state index in [0.717, 1.165) is 0 Å². The molecule has 0 heterocycles. The summed E-state index contributed by atoms with van der Waals surface area (Å²) in [6.07, 6.45) is 0. The molecule has 0 saturated carbocycles. The molecule has 0 radical (unpaired) electrons. The highest BCUT2D eigenvalue weighted by molar-refractivity contribution is 5.64. The van der Waals surface area contributed by atoms with Gasteiger partial charge in [-0.3, -0.25) is 0 Å². The molecule has 0 nitrogen and oxygen atoms in total. The Kier molecular flexibility index (Phi) is 3.46. The van der Waals surface area contributed by atoms with Gasteiger partial charge in [0.1, 0.15) is 11.6 Å². The summed E-state index contributed by atoms with van der Waals surface area (Å²) in [4.78, 5) is 0. The first kappa shape index (κ1) is 12.7. The lowest BCUT2D eigenvalue weighted by atomic mass is 9.97. The first-order valence-corrected chi connectivity index (χ1v) is 6.05. The molecule has 2 aromatic rings. The molecule has 0 aromatic heterocycles. The van der Waals surface area contributed by atoms with Gasteiger partial charge in [-0.05, 0) is 47.2 Å². The highest BCUT2D eigenvalue weighted by Crippen LogP contribution is 2.26. The Balaban J connectivity index is 2.45. The highest BCUT2D eigenvalue weighted by Gasteiger charge is 2.09. The van der Waals surface area contributed by atoms with Crippen molar-refractivity contribution in [3.05, 3.63) is 59.2 Å². The first-order valence-electron chi connectivity index (χ1n) is 6.05. The van der Waals surface area contributed by atoms with Crippen molar-refractivity contribution in [1.29, 1.82) is 0 Å². The number of benzene rings is 2. The van der Waals surface area contributed by atoms with Crippen LogP contribution in [0.2, 0.25) is 0 Å². The minimum Gasteiger partial charge on any atom is -0.207 e. The van der Waals surface area contributed by atoms with Crippen LogP contribution in [0.15, 0.2) is 36.4 Å². The number of aryl methyl sites for hydroxylation is 1. The Morgan fingerprint density at radius 2 is 1.39 bits per heavy atom. The normalized spacial score (nSPS) is 11.0. The Hall–Kier alpha value is -1.70. The van der Waals surface area contributed by atoms with E-state index in [0.29, 0.717) is 22.3 Å². The lowest BCUT2D eigenvalue weighted by molar-refractivity contribution is 0.598. The van der Waals surface area contributed by atoms with Crippen LogP contribution in [-0.2, 0) is 0 Å². The van der Waals surface area contributed by atoms with Crippen LogP contribution in [0.5, 0.6) is 0 Å². The van der Waals surface area contributed by atoms with Gasteiger partial charge in [-0.1, -0.05) is 38.1 Å². The van der Waals surface area contributed by atoms with E-state index < -0.39 is 0 Å². The Labute approximate surface area is 106 Å². The fourth-order valence-electron chi connectivity index (χ4n) is 1.95. The molecule has 2 rings (SSSR count). The summed E-state index contributed by atoms with van der Waals surface area (Å²) in [5, 5.41) is 0. The molecule has 0 aliphatic carbocycles. The number of halogens is 2. The maximum Gasteiger partial charge on any atom is 0.127 e. The van der Waals surface area contributed by atoms with Gasteiger partial charge in [0.05, 0.1) is 0 Å². The molecule has 0 amide bonds. The van der Waals surface area contributed by atoms with E-state index in [4.69, 9.17) is 0 Å². The fourth-order valence-corrected chi connectivity index (χ4v) is 1.95. The molecule has 0 saturated heterocycles. The summed E-state index contributed by atoms with van der Waals surface area (Å²) < 4.78 is 27.4. The van der Waals surface area contributed by atoms with Crippen LogP contribution >= 0.6 is 0 Å². The third-order valence-electron chi connectivity index (χ3n) is 3.13. The molecule has 94 valence electrons. The van der Waals surface area contributed by atoms with Crippen molar-refractivity contribution in [2.45, 2.75) is 26.7 Å². The van der Waals surface area contributed by atoms with Crippen LogP contribution in [0, 0.1) is 18.6 Å². The maximum atomic E-state index is 13.9. The van der Waals surface area contributed by atoms with Crippen molar-refractivity contribution >= 4 is 0 Å². The standard InChI is InChI=1S/C16H16F2/c1-10(2)14-7-6-13(9-16(14)18)12-5-4-11(3)15(17)8-12/h4-10H,1-3H3. The van der Waals surface area contributed by atoms with Crippen molar-refractivity contribution in [2.75, 3.05) is 0 Å². The minimum absolute atomic E-state index is 0.147. The van der Waals surface area contributed by atoms with Gasteiger partial charge >= 0.3 is 0 Å². The minimum atomic E-state index is -0.263. The Morgan fingerprint density at radius 1 is 0.833 bits per heavy atom. The summed E-state index contributed by atoms with van der Waals surface area (Å²) in [6.45, 7) is 5.61. The third-order valence-corrected chi connectivity index (χ3v) is 3.13. The molecule has 0 unspecified atom stereocenters. The second-order valence-corrected chi connectivity index (χ2v) is 4.85. The van der Waals surface area contributed by atoms with Crippen molar-refractivity contribution in [2.24, 2.45) is 0 Å². The second-order valence-electron chi connectivity index (χ2n) is 4.85. The SMILES string of the molecule is Cc1ccc(-c2ccc(C(C)C)c(F)c2)cc1F. The predicted molar refractivity (Wildman–Crippen MR) is 70.6 cm³/mol. The van der Waals surface area contributed by atoms with Gasteiger partial charge < -0.3 is 0 Å². The van der Waals surface area contributed by atoms with Gasteiger partial charge in [-0.2, -0.15) is 0 Å². The summed E-state index contributed by atoms with van der Waals surface area (Å²) in [5.41, 5.74) is 2.69. The zero-order valence-corrected chi connectivity index (χ0v) is 10.8. The summed E-state index contributed by atoms with van der Waals surface area (Å²) in [7, 11) is 0. The second kappa shape index (κ2) is 4.89. The van der Waals surface area contributed by atoms with Gasteiger partial charge in [0.25, 0.3) is 0 Å². The zero-order chi connectivity index (χ0) is 13.3. The highest BCUT2D eigenvalue weighted by atomic mass is 19.1. The zero-order valence-electron chi connectivity index (χ0n) is 10.8. The van der Waals surface area contributed by atoms with Gasteiger partial charge in [0, 0.05) is 0 Å². The molecule has 0 bridgehead atoms. The van der Waals surface area contributed by atoms with Crippen LogP contribution in [0.4, 0.5) is 8.78 Å². The molecule has 18 heavy (non-hydrogen) atoms. The Morgan fingerprint density at radius 3 is 1.89 bits per heavy atom. The molecular weight excluding hydrogens is 230 g/mol. The van der Waals surface area contributed by atoms with Crippen molar-refractivity contribution < 1.29 is 8.78 Å². The molecule has 0 spiro atoms. The van der Waals surface area contributed by atoms with E-state index in [-0.39, 0.29) is 17.6 Å². The molecule has 0 fully saturated rings. The van der Waals surface area contributed by atoms with Crippen LogP contribution in [-0.4, -0.2) is 0 Å². The number of hydrogen-bond donors (Lipinski definition) is 0. The average Bonchev–Trinajstić information content (AvgIpc) is 2.32. The van der Waals surface area contributed by atoms with Crippen LogP contribution in [0.3, 0.4) is 0 Å². The largest absolute Gasteiger partial charge is 0.207 e. The fraction of sp³-hybridized carbons (Fsp3) is 0.250. The molecule has 0 atom stereocenters. The molecule has 2 aromatic carbocycles. The van der Waals surface area contributed by atoms with Crippen LogP contribution in [0.1, 0.15) is 30.9 Å². The van der Waals surface area contributed by atoms with Gasteiger partial charge in [-0.25, -0.2) is 8.78 Å². The van der Waals surface area contributed by atoms with Crippen molar-refractivity contribution in [3.63, 3.8) is 0 Å². The average molecular weight is 246 g/mol. The van der Waals surface area contributed by atoms with E-state index in [9.17, 15) is 8.78 Å². The monoisotopic (exact) mass is 246 g/mol. The third kappa shape index (κ3) is 2.42. The van der Waals surface area contributed by atoms with Crippen molar-refractivity contribution in [1.82, 2.24) is 0 Å². The van der Waals surface area contributed by atoms with Gasteiger partial charge in [0.15, 0.2) is 0 Å². The van der Waals surface area contributed by atoms with Crippen LogP contribution < -0.4 is 0 Å². The molecule has 2 heteroatoms. The molecule has 0 aliphatic rings. The van der Waals surface area contributed by atoms with Crippen LogP contribution in [0.25, 0.3) is 11.1 Å². The summed E-state index contributed by atoms with van der Waals surface area (Å²) in [5.74, 6) is -0.349. The van der Waals surface area contributed by atoms with Gasteiger partial charge in [0.2, 0.25) is 0 Å². The predicted octanol–water partition coefficient (Wildman–Crippen LogP) is 5.06. The van der Waals surface area contributed by atoms with Crippen molar-refractivity contribution in [3.8, 4) is 11.1 Å². The molecule has 0 aliphatic heterocycles. The molecular formula is C16H16F2. The van der Waals surface area contributed by atoms with E-state index in [2.05, 4.69) is 0 Å². The number of rotatable bonds is 2. The lowest BCUT2D eigenvalue weighted by Crippen LogP contribution is -1.93. The molecule has 0 N–H and O–H groups in total. The summed E-state index contributed by atoms with van der Waals surface area (Å²) >= 11 is 0. The van der Waals surface area contributed by atoms with E-state index in [1.165, 1.54) is 12.1 Å². The first-order chi connectivity index (χ1) is 8.49. The van der Waals surface area contributed by atoms with Gasteiger partial charge in [-0.15, -0.1) is 0 Å². The number of hydrogen-bond acceptors (Lipinski definition) is 0. The quantitative estimate of drug-likeness (QED) is 0.694. The lowest BCUT2D eigenvalue weighted by Gasteiger charge is -2.09. The smallest absolute Gasteiger partial charge is 0.127 e. The van der Waals surface area contributed by atoms with E-state index >= 15 is 0 Å². The topological polar surface area (TPSA) is 0 Å². The maximum absolute atomic E-state index is 13.9. The Bertz CT molecular complexity index is 571.